The fraction of sp³-hybridized carbons (Fsp3) is 0.643. The zero-order chi connectivity index (χ0) is 12.1. The number of nitrogens with zero attached hydrogens (tertiary/aromatic N) is 1. The Balaban J connectivity index is 1.94. The predicted octanol–water partition coefficient (Wildman–Crippen LogP) is 3.47. The molecule has 0 radical (unpaired) electrons. The highest BCUT2D eigenvalue weighted by Crippen LogP contribution is 2.29. The summed E-state index contributed by atoms with van der Waals surface area (Å²) in [4.78, 5) is 4.44. The Hall–Kier alpha value is -1.25. The van der Waals surface area contributed by atoms with E-state index in [-0.39, 0.29) is 0 Å². The molecule has 0 aliphatic heterocycles. The van der Waals surface area contributed by atoms with Crippen LogP contribution in [0.5, 0.6) is 5.88 Å². The number of ether oxygens (including phenoxy) is 1. The molecule has 1 aromatic heterocycles. The van der Waals surface area contributed by atoms with Gasteiger partial charge in [0.2, 0.25) is 5.88 Å². The maximum atomic E-state index is 5.40. The molecule has 1 N–H and O–H groups in total. The lowest BCUT2D eigenvalue weighted by Gasteiger charge is -2.21. The molecular formula is C14H22N2O. The van der Waals surface area contributed by atoms with E-state index in [1.807, 2.05) is 25.1 Å². The van der Waals surface area contributed by atoms with Crippen molar-refractivity contribution in [2.75, 3.05) is 11.9 Å². The first-order valence-corrected chi connectivity index (χ1v) is 6.66. The number of anilines is 1. The molecule has 1 aromatic rings. The van der Waals surface area contributed by atoms with Crippen molar-refractivity contribution in [3.8, 4) is 5.88 Å². The minimum Gasteiger partial charge on any atom is -0.478 e. The quantitative estimate of drug-likeness (QED) is 0.847. The zero-order valence-corrected chi connectivity index (χ0v) is 10.8. The molecule has 3 heteroatoms. The lowest BCUT2D eigenvalue weighted by atomic mass is 10.00. The van der Waals surface area contributed by atoms with Crippen LogP contribution in [-0.4, -0.2) is 17.6 Å². The Bertz CT molecular complexity index is 348. The first kappa shape index (κ1) is 12.2. The second-order valence-corrected chi connectivity index (χ2v) is 4.77. The summed E-state index contributed by atoms with van der Waals surface area (Å²) in [6.07, 6.45) is 5.45. The van der Waals surface area contributed by atoms with Gasteiger partial charge in [-0.25, -0.2) is 0 Å². The topological polar surface area (TPSA) is 34.1 Å². The third-order valence-electron chi connectivity index (χ3n) is 3.50. The van der Waals surface area contributed by atoms with E-state index in [4.69, 9.17) is 4.74 Å². The van der Waals surface area contributed by atoms with Crippen LogP contribution in [-0.2, 0) is 0 Å². The Kier molecular flexibility index (Phi) is 4.24. The normalized spacial score (nSPS) is 18.0. The van der Waals surface area contributed by atoms with Crippen molar-refractivity contribution >= 4 is 5.82 Å². The number of hydrogen-bond donors (Lipinski definition) is 1. The summed E-state index contributed by atoms with van der Waals surface area (Å²) in [7, 11) is 0. The molecule has 1 saturated carbocycles. The van der Waals surface area contributed by atoms with Gasteiger partial charge in [-0.1, -0.05) is 18.9 Å². The van der Waals surface area contributed by atoms with Gasteiger partial charge in [-0.15, -0.1) is 0 Å². The largest absolute Gasteiger partial charge is 0.478 e. The Labute approximate surface area is 104 Å². The van der Waals surface area contributed by atoms with Crippen molar-refractivity contribution in [2.24, 2.45) is 5.92 Å². The summed E-state index contributed by atoms with van der Waals surface area (Å²) < 4.78 is 5.40. The molecule has 0 aromatic carbocycles. The first-order chi connectivity index (χ1) is 8.29. The van der Waals surface area contributed by atoms with E-state index in [1.54, 1.807) is 0 Å². The van der Waals surface area contributed by atoms with Crippen molar-refractivity contribution in [3.63, 3.8) is 0 Å². The van der Waals surface area contributed by atoms with E-state index in [0.717, 1.165) is 11.7 Å². The molecule has 3 nitrogen and oxygen atoms in total. The average molecular weight is 234 g/mol. The van der Waals surface area contributed by atoms with Gasteiger partial charge in [-0.2, -0.15) is 4.98 Å². The van der Waals surface area contributed by atoms with Crippen molar-refractivity contribution in [2.45, 2.75) is 45.6 Å². The maximum absolute atomic E-state index is 5.40. The highest BCUT2D eigenvalue weighted by Gasteiger charge is 2.21. The molecule has 1 aliphatic rings. The fourth-order valence-corrected chi connectivity index (χ4v) is 2.53. The summed E-state index contributed by atoms with van der Waals surface area (Å²) in [6.45, 7) is 4.89. The van der Waals surface area contributed by atoms with Crippen LogP contribution in [0.15, 0.2) is 18.2 Å². The summed E-state index contributed by atoms with van der Waals surface area (Å²) >= 11 is 0. The van der Waals surface area contributed by atoms with Crippen molar-refractivity contribution in [1.29, 1.82) is 0 Å². The van der Waals surface area contributed by atoms with Crippen LogP contribution in [0.2, 0.25) is 0 Å². The smallest absolute Gasteiger partial charge is 0.215 e. The van der Waals surface area contributed by atoms with E-state index in [0.29, 0.717) is 18.5 Å². The van der Waals surface area contributed by atoms with Gasteiger partial charge in [0.05, 0.1) is 6.61 Å². The van der Waals surface area contributed by atoms with Gasteiger partial charge in [0.15, 0.2) is 0 Å². The van der Waals surface area contributed by atoms with Gasteiger partial charge in [-0.05, 0) is 38.7 Å². The molecule has 0 spiro atoms. The van der Waals surface area contributed by atoms with Gasteiger partial charge >= 0.3 is 0 Å². The van der Waals surface area contributed by atoms with Crippen LogP contribution in [0, 0.1) is 5.92 Å². The van der Waals surface area contributed by atoms with Gasteiger partial charge in [0.1, 0.15) is 5.82 Å². The third-order valence-corrected chi connectivity index (χ3v) is 3.50. The highest BCUT2D eigenvalue weighted by molar-refractivity contribution is 5.38. The number of rotatable bonds is 5. The summed E-state index contributed by atoms with van der Waals surface area (Å²) in [5.41, 5.74) is 0. The van der Waals surface area contributed by atoms with E-state index >= 15 is 0 Å². The van der Waals surface area contributed by atoms with Crippen LogP contribution in [0.1, 0.15) is 39.5 Å². The second kappa shape index (κ2) is 5.89. The fourth-order valence-electron chi connectivity index (χ4n) is 2.53. The zero-order valence-electron chi connectivity index (χ0n) is 10.8. The van der Waals surface area contributed by atoms with Crippen LogP contribution in [0.3, 0.4) is 0 Å². The average Bonchev–Trinajstić information content (AvgIpc) is 2.83. The molecule has 1 aliphatic carbocycles. The van der Waals surface area contributed by atoms with Crippen LogP contribution >= 0.6 is 0 Å². The number of hydrogen-bond acceptors (Lipinski definition) is 3. The second-order valence-electron chi connectivity index (χ2n) is 4.77. The standard InChI is InChI=1S/C14H22N2O/c1-3-17-14-10-6-9-13(16-14)15-11(2)12-7-4-5-8-12/h6,9-12H,3-5,7-8H2,1-2H3,(H,15,16). The molecule has 0 saturated heterocycles. The lowest BCUT2D eigenvalue weighted by Crippen LogP contribution is -2.24. The molecule has 0 bridgehead atoms. The number of aromatic nitrogens is 1. The molecule has 1 unspecified atom stereocenters. The molecular weight excluding hydrogens is 212 g/mol. The predicted molar refractivity (Wildman–Crippen MR) is 70.4 cm³/mol. The first-order valence-electron chi connectivity index (χ1n) is 6.66. The van der Waals surface area contributed by atoms with Crippen LogP contribution < -0.4 is 10.1 Å². The molecule has 0 amide bonds. The monoisotopic (exact) mass is 234 g/mol. The van der Waals surface area contributed by atoms with Gasteiger partial charge < -0.3 is 10.1 Å². The Morgan fingerprint density at radius 1 is 1.41 bits per heavy atom. The highest BCUT2D eigenvalue weighted by atomic mass is 16.5. The van der Waals surface area contributed by atoms with E-state index < -0.39 is 0 Å². The van der Waals surface area contributed by atoms with Gasteiger partial charge in [-0.3, -0.25) is 0 Å². The number of nitrogens with one attached hydrogen (secondary N) is 1. The van der Waals surface area contributed by atoms with Gasteiger partial charge in [0, 0.05) is 12.1 Å². The van der Waals surface area contributed by atoms with Crippen molar-refractivity contribution in [1.82, 2.24) is 4.98 Å². The molecule has 17 heavy (non-hydrogen) atoms. The van der Waals surface area contributed by atoms with Crippen molar-refractivity contribution < 1.29 is 4.74 Å². The lowest BCUT2D eigenvalue weighted by molar-refractivity contribution is 0.327. The molecule has 1 atom stereocenters. The van der Waals surface area contributed by atoms with Gasteiger partial charge in [0.25, 0.3) is 0 Å². The Morgan fingerprint density at radius 3 is 2.88 bits per heavy atom. The number of pyridine rings is 1. The molecule has 2 rings (SSSR count). The minimum absolute atomic E-state index is 0.502. The third kappa shape index (κ3) is 3.35. The van der Waals surface area contributed by atoms with Crippen molar-refractivity contribution in [3.05, 3.63) is 18.2 Å². The van der Waals surface area contributed by atoms with E-state index in [9.17, 15) is 0 Å². The van der Waals surface area contributed by atoms with Crippen LogP contribution in [0.25, 0.3) is 0 Å². The van der Waals surface area contributed by atoms with Crippen LogP contribution in [0.4, 0.5) is 5.82 Å². The van der Waals surface area contributed by atoms with E-state index in [1.165, 1.54) is 25.7 Å². The summed E-state index contributed by atoms with van der Waals surface area (Å²) in [5, 5.41) is 3.49. The maximum Gasteiger partial charge on any atom is 0.215 e. The SMILES string of the molecule is CCOc1cccc(NC(C)C2CCCC2)n1. The summed E-state index contributed by atoms with van der Waals surface area (Å²) in [5.74, 6) is 2.43. The molecule has 1 heterocycles. The van der Waals surface area contributed by atoms with E-state index in [2.05, 4.69) is 17.2 Å². The summed E-state index contributed by atoms with van der Waals surface area (Å²) in [6, 6.07) is 6.40. The molecule has 1 fully saturated rings. The molecule has 94 valence electrons. The Morgan fingerprint density at radius 2 is 2.18 bits per heavy atom. The minimum atomic E-state index is 0.502.